The summed E-state index contributed by atoms with van der Waals surface area (Å²) in [6.45, 7) is 6.87. The van der Waals surface area contributed by atoms with E-state index in [0.717, 1.165) is 70.6 Å². The molecule has 1 N–H and O–H groups in total. The van der Waals surface area contributed by atoms with Gasteiger partial charge in [-0.05, 0) is 57.4 Å². The highest BCUT2D eigenvalue weighted by molar-refractivity contribution is 7.45. The summed E-state index contributed by atoms with van der Waals surface area (Å²) in [5, 5.41) is 3.03. The standard InChI is InChI=1S/C61H119N2O7P/c1-7-10-13-16-19-22-25-28-30-31-33-35-38-41-44-47-50-53-60(64)62-58(57-69-71(66,67)68-56-55-63(4,5)6)59(52-49-46-43-40-37-34-27-24-21-18-15-12-9-3)70-61(65)54-51-48-45-42-39-36-32-29-26-23-20-17-14-11-8-2/h28,30,49,52,58-59H,7-27,29,31-48,50-51,53-57H2,1-6H3,(H-,62,64,66,67)/b30-28+,52-49+. The van der Waals surface area contributed by atoms with E-state index in [-0.39, 0.29) is 31.5 Å². The summed E-state index contributed by atoms with van der Waals surface area (Å²) in [5.41, 5.74) is 0. The monoisotopic (exact) mass is 1020 g/mol. The highest BCUT2D eigenvalue weighted by Crippen LogP contribution is 2.38. The number of hydrogen-bond acceptors (Lipinski definition) is 7. The van der Waals surface area contributed by atoms with E-state index in [4.69, 9.17) is 13.8 Å². The summed E-state index contributed by atoms with van der Waals surface area (Å²) in [6, 6.07) is -0.884. The fraction of sp³-hybridized carbons (Fsp3) is 0.902. The molecule has 71 heavy (non-hydrogen) atoms. The summed E-state index contributed by atoms with van der Waals surface area (Å²) < 4.78 is 30.3. The van der Waals surface area contributed by atoms with Gasteiger partial charge in [-0.15, -0.1) is 0 Å². The zero-order valence-corrected chi connectivity index (χ0v) is 48.8. The molecule has 0 saturated heterocycles. The molecule has 0 bridgehead atoms. The summed E-state index contributed by atoms with van der Waals surface area (Å²) in [5.74, 6) is -0.530. The lowest BCUT2D eigenvalue weighted by atomic mass is 10.0. The molecule has 0 aliphatic carbocycles. The molecule has 0 rings (SSSR count). The predicted molar refractivity (Wildman–Crippen MR) is 303 cm³/mol. The number of amides is 1. The minimum Gasteiger partial charge on any atom is -0.756 e. The molecule has 0 aromatic rings. The van der Waals surface area contributed by atoms with Gasteiger partial charge in [0.2, 0.25) is 5.91 Å². The van der Waals surface area contributed by atoms with Crippen LogP contribution in [0.4, 0.5) is 0 Å². The third-order valence-electron chi connectivity index (χ3n) is 13.9. The number of carbonyl (C=O) groups is 2. The number of rotatable bonds is 56. The van der Waals surface area contributed by atoms with Crippen LogP contribution in [0.5, 0.6) is 0 Å². The maximum atomic E-state index is 13.5. The van der Waals surface area contributed by atoms with Crippen LogP contribution in [-0.4, -0.2) is 69.4 Å². The van der Waals surface area contributed by atoms with E-state index in [1.807, 2.05) is 33.3 Å². The lowest BCUT2D eigenvalue weighted by molar-refractivity contribution is -0.870. The number of hydrogen-bond donors (Lipinski definition) is 1. The van der Waals surface area contributed by atoms with Crippen molar-refractivity contribution in [3.63, 3.8) is 0 Å². The van der Waals surface area contributed by atoms with E-state index in [1.165, 1.54) is 199 Å². The summed E-state index contributed by atoms with van der Waals surface area (Å²) in [4.78, 5) is 39.9. The molecule has 0 aliphatic heterocycles. The number of quaternary nitrogens is 1. The van der Waals surface area contributed by atoms with E-state index in [2.05, 4.69) is 38.2 Å². The molecule has 0 aliphatic rings. The average Bonchev–Trinajstić information content (AvgIpc) is 3.33. The number of esters is 1. The molecule has 3 atom stereocenters. The first-order valence-electron chi connectivity index (χ1n) is 30.6. The van der Waals surface area contributed by atoms with Crippen LogP contribution in [0.25, 0.3) is 0 Å². The molecule has 0 aromatic carbocycles. The molecule has 3 unspecified atom stereocenters. The molecule has 0 radical (unpaired) electrons. The van der Waals surface area contributed by atoms with E-state index >= 15 is 0 Å². The number of nitrogens with zero attached hydrogens (tertiary/aromatic N) is 1. The highest BCUT2D eigenvalue weighted by Gasteiger charge is 2.27. The van der Waals surface area contributed by atoms with Crippen LogP contribution in [0, 0.1) is 0 Å². The first kappa shape index (κ1) is 69.5. The maximum Gasteiger partial charge on any atom is 0.306 e. The van der Waals surface area contributed by atoms with Crippen LogP contribution in [-0.2, 0) is 27.9 Å². The predicted octanol–water partition coefficient (Wildman–Crippen LogP) is 17.9. The largest absolute Gasteiger partial charge is 0.756 e. The van der Waals surface area contributed by atoms with Crippen molar-refractivity contribution in [1.29, 1.82) is 0 Å². The van der Waals surface area contributed by atoms with Crippen LogP contribution >= 0.6 is 7.82 Å². The van der Waals surface area contributed by atoms with Gasteiger partial charge in [-0.25, -0.2) is 0 Å². The van der Waals surface area contributed by atoms with Gasteiger partial charge in [-0.3, -0.25) is 14.2 Å². The Balaban J connectivity index is 5.29. The summed E-state index contributed by atoms with van der Waals surface area (Å²) in [6.07, 6.45) is 59.9. The van der Waals surface area contributed by atoms with Gasteiger partial charge in [0.25, 0.3) is 7.82 Å². The van der Waals surface area contributed by atoms with Crippen molar-refractivity contribution in [1.82, 2.24) is 5.32 Å². The Labute approximate surface area is 441 Å². The van der Waals surface area contributed by atoms with Crippen molar-refractivity contribution in [2.45, 2.75) is 315 Å². The first-order valence-corrected chi connectivity index (χ1v) is 32.1. The smallest absolute Gasteiger partial charge is 0.306 e. The average molecular weight is 1020 g/mol. The van der Waals surface area contributed by atoms with E-state index in [1.54, 1.807) is 0 Å². The molecule has 0 fully saturated rings. The topological polar surface area (TPSA) is 114 Å². The zero-order chi connectivity index (χ0) is 52.2. The Morgan fingerprint density at radius 3 is 1.20 bits per heavy atom. The second-order valence-corrected chi connectivity index (χ2v) is 23.6. The Hall–Kier alpha value is -1.51. The van der Waals surface area contributed by atoms with Gasteiger partial charge in [0.15, 0.2) is 0 Å². The molecule has 0 heterocycles. The van der Waals surface area contributed by atoms with Crippen LogP contribution in [0.2, 0.25) is 0 Å². The minimum atomic E-state index is -4.69. The molecule has 0 saturated carbocycles. The van der Waals surface area contributed by atoms with Crippen LogP contribution in [0.15, 0.2) is 24.3 Å². The molecule has 0 aromatic heterocycles. The zero-order valence-electron chi connectivity index (χ0n) is 48.0. The van der Waals surface area contributed by atoms with Gasteiger partial charge in [0.1, 0.15) is 19.3 Å². The number of phosphoric ester groups is 1. The van der Waals surface area contributed by atoms with Gasteiger partial charge >= 0.3 is 5.97 Å². The number of nitrogens with one attached hydrogen (secondary N) is 1. The number of carbonyl (C=O) groups excluding carboxylic acids is 2. The lowest BCUT2D eigenvalue weighted by Gasteiger charge is -2.30. The SMILES string of the molecule is CCCCCCCC/C=C/CCCCCCCCCC(=O)NC(COP(=O)([O-])OCC[N+](C)(C)C)C(/C=C/CCCCCCCCCCCCC)OC(=O)CCCCCCCCCCCCCCCCC. The molecule has 0 spiro atoms. The maximum absolute atomic E-state index is 13.5. The molecule has 10 heteroatoms. The fourth-order valence-electron chi connectivity index (χ4n) is 9.11. The molecular weight excluding hydrogens is 904 g/mol. The van der Waals surface area contributed by atoms with Crippen LogP contribution in [0.1, 0.15) is 303 Å². The Bertz CT molecular complexity index is 1270. The third kappa shape index (κ3) is 53.1. The number of allylic oxidation sites excluding steroid dienone is 3. The van der Waals surface area contributed by atoms with Gasteiger partial charge < -0.3 is 28.5 Å². The summed E-state index contributed by atoms with van der Waals surface area (Å²) in [7, 11) is 1.20. The molecule has 9 nitrogen and oxygen atoms in total. The van der Waals surface area contributed by atoms with Crippen molar-refractivity contribution in [3.8, 4) is 0 Å². The van der Waals surface area contributed by atoms with Crippen LogP contribution < -0.4 is 10.2 Å². The normalized spacial score (nSPS) is 13.8. The number of ether oxygens (including phenoxy) is 1. The number of unbranched alkanes of at least 4 members (excludes halogenated alkanes) is 38. The summed E-state index contributed by atoms with van der Waals surface area (Å²) >= 11 is 0. The van der Waals surface area contributed by atoms with Gasteiger partial charge in [0, 0.05) is 12.8 Å². The number of phosphoric acid groups is 1. The second kappa shape index (κ2) is 52.0. The lowest BCUT2D eigenvalue weighted by Crippen LogP contribution is -2.47. The third-order valence-corrected chi connectivity index (χ3v) is 14.8. The van der Waals surface area contributed by atoms with Crippen molar-refractivity contribution >= 4 is 19.7 Å². The van der Waals surface area contributed by atoms with E-state index < -0.39 is 20.0 Å². The fourth-order valence-corrected chi connectivity index (χ4v) is 9.83. The molecule has 1 amide bonds. The Morgan fingerprint density at radius 1 is 0.479 bits per heavy atom. The molecular formula is C61H119N2O7P. The van der Waals surface area contributed by atoms with Gasteiger partial charge in [-0.2, -0.15) is 0 Å². The Morgan fingerprint density at radius 2 is 0.817 bits per heavy atom. The van der Waals surface area contributed by atoms with Crippen molar-refractivity contribution in [2.24, 2.45) is 0 Å². The Kier molecular flexibility index (Phi) is 50.8. The van der Waals surface area contributed by atoms with Crippen molar-refractivity contribution in [2.75, 3.05) is 40.9 Å². The van der Waals surface area contributed by atoms with Crippen molar-refractivity contribution < 1.29 is 37.3 Å². The van der Waals surface area contributed by atoms with Crippen molar-refractivity contribution in [3.05, 3.63) is 24.3 Å². The van der Waals surface area contributed by atoms with E-state index in [0.29, 0.717) is 17.4 Å². The number of likely N-dealkylation sites (N-methyl/N-ethyl adjacent to an activating group) is 1. The van der Waals surface area contributed by atoms with Gasteiger partial charge in [0.05, 0.1) is 33.8 Å². The molecule has 420 valence electrons. The minimum absolute atomic E-state index is 0.0197. The van der Waals surface area contributed by atoms with Crippen LogP contribution in [0.3, 0.4) is 0 Å². The second-order valence-electron chi connectivity index (χ2n) is 22.2. The highest BCUT2D eigenvalue weighted by atomic mass is 31.2. The van der Waals surface area contributed by atoms with Gasteiger partial charge in [-0.1, -0.05) is 257 Å². The van der Waals surface area contributed by atoms with E-state index in [9.17, 15) is 19.0 Å². The quantitative estimate of drug-likeness (QED) is 0.0212. The first-order chi connectivity index (χ1) is 34.4.